The number of carboxylic acid groups (broad SMARTS) is 1. The number of carboxylic acids is 1. The molecule has 0 aliphatic carbocycles. The molecular weight excluding hydrogens is 226 g/mol. The van der Waals surface area contributed by atoms with Gasteiger partial charge in [-0.25, -0.2) is 4.79 Å². The van der Waals surface area contributed by atoms with Gasteiger partial charge >= 0.3 is 12.1 Å². The van der Waals surface area contributed by atoms with Crippen LogP contribution in [0.15, 0.2) is 0 Å². The zero-order chi connectivity index (χ0) is 13.2. The van der Waals surface area contributed by atoms with Crippen molar-refractivity contribution in [2.45, 2.75) is 38.9 Å². The van der Waals surface area contributed by atoms with Gasteiger partial charge in [-0.1, -0.05) is 0 Å². The van der Waals surface area contributed by atoms with Gasteiger partial charge in [0.1, 0.15) is 5.60 Å². The van der Waals surface area contributed by atoms with Crippen molar-refractivity contribution in [2.75, 3.05) is 13.1 Å². The second-order valence-corrected chi connectivity index (χ2v) is 5.23. The number of nitrogens with zero attached hydrogens (tertiary/aromatic N) is 1. The van der Waals surface area contributed by atoms with E-state index in [0.717, 1.165) is 0 Å². The zero-order valence-corrected chi connectivity index (χ0v) is 10.3. The number of β-amino-alcohol motifs (C(OH)–C–C–N with tert-alkyl or cyclic N) is 1. The summed E-state index contributed by atoms with van der Waals surface area (Å²) in [6.45, 7) is 5.57. The maximum atomic E-state index is 11.7. The van der Waals surface area contributed by atoms with E-state index in [-0.39, 0.29) is 13.0 Å². The van der Waals surface area contributed by atoms with E-state index in [9.17, 15) is 14.7 Å². The molecule has 0 aromatic rings. The number of carbonyl (C=O) groups is 2. The third kappa shape index (κ3) is 3.89. The molecule has 1 aliphatic heterocycles. The second kappa shape index (κ2) is 4.91. The Hall–Kier alpha value is -1.30. The van der Waals surface area contributed by atoms with Crippen LogP contribution in [0.3, 0.4) is 0 Å². The van der Waals surface area contributed by atoms with Crippen molar-refractivity contribution in [3.8, 4) is 0 Å². The molecule has 1 heterocycles. The van der Waals surface area contributed by atoms with Crippen LogP contribution < -0.4 is 0 Å². The SMILES string of the molecule is CC(C)(C)OC(=O)N1CC[C@H](C(=O)O)[C@@H](O)C1. The fourth-order valence-electron chi connectivity index (χ4n) is 1.71. The number of hydrogen-bond acceptors (Lipinski definition) is 4. The third-order valence-corrected chi connectivity index (χ3v) is 2.55. The number of rotatable bonds is 1. The number of amides is 1. The van der Waals surface area contributed by atoms with Gasteiger partial charge in [-0.2, -0.15) is 0 Å². The lowest BCUT2D eigenvalue weighted by atomic mass is 9.94. The largest absolute Gasteiger partial charge is 0.481 e. The summed E-state index contributed by atoms with van der Waals surface area (Å²) in [5.74, 6) is -1.82. The van der Waals surface area contributed by atoms with Crippen LogP contribution in [0, 0.1) is 5.92 Å². The maximum Gasteiger partial charge on any atom is 0.410 e. The Morgan fingerprint density at radius 3 is 2.35 bits per heavy atom. The first-order valence-electron chi connectivity index (χ1n) is 5.59. The van der Waals surface area contributed by atoms with E-state index < -0.39 is 29.7 Å². The van der Waals surface area contributed by atoms with Crippen LogP contribution in [-0.4, -0.2) is 52.0 Å². The van der Waals surface area contributed by atoms with Crippen molar-refractivity contribution in [3.05, 3.63) is 0 Å². The molecule has 0 bridgehead atoms. The molecule has 0 saturated carbocycles. The van der Waals surface area contributed by atoms with Gasteiger partial charge in [0.05, 0.1) is 18.6 Å². The highest BCUT2D eigenvalue weighted by Crippen LogP contribution is 2.20. The van der Waals surface area contributed by atoms with Crippen LogP contribution in [0.2, 0.25) is 0 Å². The Morgan fingerprint density at radius 2 is 1.94 bits per heavy atom. The number of likely N-dealkylation sites (tertiary alicyclic amines) is 1. The number of hydrogen-bond donors (Lipinski definition) is 2. The minimum Gasteiger partial charge on any atom is -0.481 e. The monoisotopic (exact) mass is 245 g/mol. The van der Waals surface area contributed by atoms with Crippen LogP contribution in [0.4, 0.5) is 4.79 Å². The van der Waals surface area contributed by atoms with Crippen molar-refractivity contribution in [2.24, 2.45) is 5.92 Å². The van der Waals surface area contributed by atoms with E-state index in [1.54, 1.807) is 20.8 Å². The van der Waals surface area contributed by atoms with E-state index in [4.69, 9.17) is 9.84 Å². The molecule has 0 aromatic carbocycles. The molecule has 98 valence electrons. The van der Waals surface area contributed by atoms with Gasteiger partial charge in [0.25, 0.3) is 0 Å². The maximum absolute atomic E-state index is 11.7. The molecule has 0 unspecified atom stereocenters. The normalized spacial score (nSPS) is 25.5. The number of carbonyl (C=O) groups excluding carboxylic acids is 1. The average Bonchev–Trinajstić information content (AvgIpc) is 2.14. The Morgan fingerprint density at radius 1 is 1.35 bits per heavy atom. The summed E-state index contributed by atoms with van der Waals surface area (Å²) in [7, 11) is 0. The third-order valence-electron chi connectivity index (χ3n) is 2.55. The molecule has 1 aliphatic rings. The molecule has 6 nitrogen and oxygen atoms in total. The van der Waals surface area contributed by atoms with Crippen LogP contribution >= 0.6 is 0 Å². The summed E-state index contributed by atoms with van der Waals surface area (Å²) in [5, 5.41) is 18.5. The molecule has 1 amide bonds. The quantitative estimate of drug-likeness (QED) is 0.709. The van der Waals surface area contributed by atoms with Gasteiger partial charge in [-0.3, -0.25) is 4.79 Å². The first-order valence-corrected chi connectivity index (χ1v) is 5.59. The highest BCUT2D eigenvalue weighted by atomic mass is 16.6. The minimum atomic E-state index is -1.03. The molecule has 0 spiro atoms. The second-order valence-electron chi connectivity index (χ2n) is 5.23. The number of aliphatic hydroxyl groups excluding tert-OH is 1. The molecule has 1 rings (SSSR count). The summed E-state index contributed by atoms with van der Waals surface area (Å²) in [5.41, 5.74) is -0.592. The first-order chi connectivity index (χ1) is 7.70. The molecule has 1 saturated heterocycles. The van der Waals surface area contributed by atoms with E-state index in [1.807, 2.05) is 0 Å². The summed E-state index contributed by atoms with van der Waals surface area (Å²) in [6, 6.07) is 0. The lowest BCUT2D eigenvalue weighted by molar-refractivity contribution is -0.148. The molecule has 2 atom stereocenters. The van der Waals surface area contributed by atoms with Gasteiger partial charge in [-0.05, 0) is 27.2 Å². The van der Waals surface area contributed by atoms with Crippen molar-refractivity contribution < 1.29 is 24.5 Å². The van der Waals surface area contributed by atoms with Gasteiger partial charge in [0, 0.05) is 6.54 Å². The van der Waals surface area contributed by atoms with Crippen LogP contribution in [0.1, 0.15) is 27.2 Å². The van der Waals surface area contributed by atoms with Crippen molar-refractivity contribution in [1.82, 2.24) is 4.90 Å². The van der Waals surface area contributed by atoms with Crippen molar-refractivity contribution in [1.29, 1.82) is 0 Å². The Balaban J connectivity index is 2.55. The first kappa shape index (κ1) is 13.8. The standard InChI is InChI=1S/C11H19NO5/c1-11(2,3)17-10(16)12-5-4-7(9(14)15)8(13)6-12/h7-8,13H,4-6H2,1-3H3,(H,14,15)/t7-,8-/m0/s1. The molecular formula is C11H19NO5. The number of ether oxygens (including phenoxy) is 1. The molecule has 6 heteroatoms. The smallest absolute Gasteiger partial charge is 0.410 e. The Bertz CT molecular complexity index is 309. The van der Waals surface area contributed by atoms with Crippen LogP contribution in [-0.2, 0) is 9.53 Å². The molecule has 0 radical (unpaired) electrons. The lowest BCUT2D eigenvalue weighted by Gasteiger charge is -2.34. The number of piperidine rings is 1. The van der Waals surface area contributed by atoms with Crippen molar-refractivity contribution >= 4 is 12.1 Å². The highest BCUT2D eigenvalue weighted by Gasteiger charge is 2.35. The predicted molar refractivity (Wildman–Crippen MR) is 59.6 cm³/mol. The molecule has 0 aromatic heterocycles. The van der Waals surface area contributed by atoms with Gasteiger partial charge in [0.2, 0.25) is 0 Å². The Kier molecular flexibility index (Phi) is 3.98. The van der Waals surface area contributed by atoms with Crippen molar-refractivity contribution in [3.63, 3.8) is 0 Å². The van der Waals surface area contributed by atoms with Crippen LogP contribution in [0.25, 0.3) is 0 Å². The Labute approximate surface area is 100 Å². The molecule has 1 fully saturated rings. The fourth-order valence-corrected chi connectivity index (χ4v) is 1.71. The summed E-state index contributed by atoms with van der Waals surface area (Å²) in [6.07, 6.45) is -1.30. The van der Waals surface area contributed by atoms with Gasteiger partial charge in [0.15, 0.2) is 0 Å². The van der Waals surface area contributed by atoms with Gasteiger partial charge < -0.3 is 19.8 Å². The van der Waals surface area contributed by atoms with Crippen LogP contribution in [0.5, 0.6) is 0 Å². The lowest BCUT2D eigenvalue weighted by Crippen LogP contribution is -2.50. The molecule has 17 heavy (non-hydrogen) atoms. The summed E-state index contributed by atoms with van der Waals surface area (Å²) in [4.78, 5) is 23.8. The van der Waals surface area contributed by atoms with E-state index in [1.165, 1.54) is 4.90 Å². The predicted octanol–water partition coefficient (Wildman–Crippen LogP) is 0.689. The summed E-state index contributed by atoms with van der Waals surface area (Å²) >= 11 is 0. The highest BCUT2D eigenvalue weighted by molar-refractivity contribution is 5.72. The fraction of sp³-hybridized carbons (Fsp3) is 0.818. The molecule has 2 N–H and O–H groups in total. The number of aliphatic carboxylic acids is 1. The number of aliphatic hydroxyl groups is 1. The summed E-state index contributed by atoms with van der Waals surface area (Å²) < 4.78 is 5.15. The van der Waals surface area contributed by atoms with E-state index in [0.29, 0.717) is 6.54 Å². The van der Waals surface area contributed by atoms with Gasteiger partial charge in [-0.15, -0.1) is 0 Å². The zero-order valence-electron chi connectivity index (χ0n) is 10.3. The van der Waals surface area contributed by atoms with E-state index in [2.05, 4.69) is 0 Å². The topological polar surface area (TPSA) is 87.1 Å². The minimum absolute atomic E-state index is 0.00583. The average molecular weight is 245 g/mol. The van der Waals surface area contributed by atoms with E-state index >= 15 is 0 Å².